The highest BCUT2D eigenvalue weighted by Gasteiger charge is 2.24. The Balaban J connectivity index is 2.82. The molecular formula is C16H23FN2. The molecule has 1 aromatic carbocycles. The Bertz CT molecular complexity index is 625. The Labute approximate surface area is 114 Å². The molecule has 0 aliphatic carbocycles. The van der Waals surface area contributed by atoms with Crippen LogP contribution >= 0.6 is 0 Å². The van der Waals surface area contributed by atoms with Crippen LogP contribution in [-0.2, 0) is 11.0 Å². The van der Waals surface area contributed by atoms with Gasteiger partial charge in [0.05, 0.1) is 5.52 Å². The first-order chi connectivity index (χ1) is 8.51. The zero-order chi connectivity index (χ0) is 14.6. The van der Waals surface area contributed by atoms with Gasteiger partial charge in [0.1, 0.15) is 17.2 Å². The van der Waals surface area contributed by atoms with Crippen LogP contribution in [0, 0.1) is 12.7 Å². The maximum atomic E-state index is 14.5. The first kappa shape index (κ1) is 14.0. The van der Waals surface area contributed by atoms with Crippen molar-refractivity contribution < 1.29 is 4.39 Å². The molecule has 1 aromatic heterocycles. The van der Waals surface area contributed by atoms with Crippen molar-refractivity contribution in [2.45, 2.75) is 59.4 Å². The zero-order valence-corrected chi connectivity index (χ0v) is 12.9. The predicted molar refractivity (Wildman–Crippen MR) is 78.1 cm³/mol. The minimum atomic E-state index is -0.182. The minimum absolute atomic E-state index is 0.0750. The summed E-state index contributed by atoms with van der Waals surface area (Å²) in [6, 6.07) is 3.65. The van der Waals surface area contributed by atoms with Gasteiger partial charge in [-0.05, 0) is 50.8 Å². The smallest absolute Gasteiger partial charge is 0.149 e. The molecule has 0 fully saturated rings. The lowest BCUT2D eigenvalue weighted by atomic mass is 9.87. The molecule has 1 heterocycles. The Hall–Kier alpha value is -1.38. The molecule has 0 aliphatic rings. The molecule has 19 heavy (non-hydrogen) atoms. The Morgan fingerprint density at radius 2 is 1.63 bits per heavy atom. The van der Waals surface area contributed by atoms with Crippen LogP contribution in [0.1, 0.15) is 52.9 Å². The molecule has 0 aliphatic heterocycles. The van der Waals surface area contributed by atoms with Crippen molar-refractivity contribution in [2.24, 2.45) is 0 Å². The third-order valence-corrected chi connectivity index (χ3v) is 3.41. The molecule has 2 nitrogen and oxygen atoms in total. The summed E-state index contributed by atoms with van der Waals surface area (Å²) in [6.07, 6.45) is 0. The van der Waals surface area contributed by atoms with Gasteiger partial charge in [-0.25, -0.2) is 9.37 Å². The van der Waals surface area contributed by atoms with E-state index >= 15 is 0 Å². The molecule has 3 heteroatoms. The topological polar surface area (TPSA) is 17.8 Å². The van der Waals surface area contributed by atoms with Crippen LogP contribution in [0.25, 0.3) is 11.0 Å². The summed E-state index contributed by atoms with van der Waals surface area (Å²) in [5.41, 5.74) is 2.09. The normalized spacial score (nSPS) is 13.3. The van der Waals surface area contributed by atoms with Gasteiger partial charge in [-0.15, -0.1) is 0 Å². The third kappa shape index (κ3) is 2.38. The van der Waals surface area contributed by atoms with Crippen molar-refractivity contribution in [2.75, 3.05) is 0 Å². The maximum absolute atomic E-state index is 14.5. The summed E-state index contributed by atoms with van der Waals surface area (Å²) in [4.78, 5) is 4.54. The number of hydrogen-bond acceptors (Lipinski definition) is 1. The second kappa shape index (κ2) is 4.06. The van der Waals surface area contributed by atoms with Gasteiger partial charge in [0, 0.05) is 5.54 Å². The first-order valence-electron chi connectivity index (χ1n) is 6.71. The molecule has 0 radical (unpaired) electrons. The molecule has 0 saturated heterocycles. The van der Waals surface area contributed by atoms with Gasteiger partial charge in [0.25, 0.3) is 0 Å². The summed E-state index contributed by atoms with van der Waals surface area (Å²) in [6.45, 7) is 14.4. The van der Waals surface area contributed by atoms with E-state index in [0.717, 1.165) is 16.9 Å². The maximum Gasteiger partial charge on any atom is 0.149 e. The highest BCUT2D eigenvalue weighted by atomic mass is 19.1. The fourth-order valence-corrected chi connectivity index (χ4v) is 2.53. The van der Waals surface area contributed by atoms with E-state index in [4.69, 9.17) is 0 Å². The molecule has 0 bridgehead atoms. The number of benzene rings is 1. The van der Waals surface area contributed by atoms with Gasteiger partial charge in [-0.2, -0.15) is 0 Å². The number of fused-ring (bicyclic) bond motifs is 1. The molecule has 104 valence electrons. The standard InChI is InChI=1S/C16H23FN2/c1-10-18-13-9-11(15(2,3)4)8-12(17)14(13)19(10)16(5,6)7/h8-9H,1-7H3. The number of aryl methyl sites for hydroxylation is 1. The monoisotopic (exact) mass is 262 g/mol. The number of nitrogens with zero attached hydrogens (tertiary/aromatic N) is 2. The lowest BCUT2D eigenvalue weighted by molar-refractivity contribution is 0.395. The van der Waals surface area contributed by atoms with Crippen LogP contribution in [0.5, 0.6) is 0 Å². The lowest BCUT2D eigenvalue weighted by Gasteiger charge is -2.24. The van der Waals surface area contributed by atoms with Crippen LogP contribution in [0.4, 0.5) is 4.39 Å². The van der Waals surface area contributed by atoms with E-state index in [-0.39, 0.29) is 16.8 Å². The van der Waals surface area contributed by atoms with Crippen LogP contribution in [0.2, 0.25) is 0 Å². The average Bonchev–Trinajstić information content (AvgIpc) is 2.52. The van der Waals surface area contributed by atoms with Crippen LogP contribution in [0.15, 0.2) is 12.1 Å². The largest absolute Gasteiger partial charge is 0.320 e. The Morgan fingerprint density at radius 3 is 2.11 bits per heavy atom. The van der Waals surface area contributed by atoms with Gasteiger partial charge in [0.2, 0.25) is 0 Å². The molecular weight excluding hydrogens is 239 g/mol. The Morgan fingerprint density at radius 1 is 1.05 bits per heavy atom. The van der Waals surface area contributed by atoms with Crippen molar-refractivity contribution in [1.29, 1.82) is 0 Å². The predicted octanol–water partition coefficient (Wildman–Crippen LogP) is 4.54. The second-order valence-electron chi connectivity index (χ2n) is 7.24. The van der Waals surface area contributed by atoms with Gasteiger partial charge in [-0.3, -0.25) is 0 Å². The molecule has 0 saturated carbocycles. The molecule has 2 aromatic rings. The summed E-state index contributed by atoms with van der Waals surface area (Å²) < 4.78 is 16.5. The van der Waals surface area contributed by atoms with E-state index in [1.807, 2.05) is 17.6 Å². The van der Waals surface area contributed by atoms with Gasteiger partial charge in [-0.1, -0.05) is 20.8 Å². The third-order valence-electron chi connectivity index (χ3n) is 3.41. The van der Waals surface area contributed by atoms with Crippen molar-refractivity contribution in [3.8, 4) is 0 Å². The van der Waals surface area contributed by atoms with E-state index in [0.29, 0.717) is 5.52 Å². The van der Waals surface area contributed by atoms with E-state index in [9.17, 15) is 4.39 Å². The first-order valence-corrected chi connectivity index (χ1v) is 6.71. The molecule has 0 atom stereocenters. The van der Waals surface area contributed by atoms with Crippen LogP contribution in [-0.4, -0.2) is 9.55 Å². The van der Waals surface area contributed by atoms with E-state index in [1.54, 1.807) is 6.07 Å². The summed E-state index contributed by atoms with van der Waals surface area (Å²) in [7, 11) is 0. The molecule has 2 rings (SSSR count). The molecule has 0 spiro atoms. The minimum Gasteiger partial charge on any atom is -0.320 e. The number of rotatable bonds is 0. The fourth-order valence-electron chi connectivity index (χ4n) is 2.53. The molecule has 0 amide bonds. The van der Waals surface area contributed by atoms with Crippen molar-refractivity contribution >= 4 is 11.0 Å². The SMILES string of the molecule is Cc1nc2cc(C(C)(C)C)cc(F)c2n1C(C)(C)C. The number of aromatic nitrogens is 2. The fraction of sp³-hybridized carbons (Fsp3) is 0.562. The van der Waals surface area contributed by atoms with Crippen LogP contribution in [0.3, 0.4) is 0 Å². The van der Waals surface area contributed by atoms with Gasteiger partial charge < -0.3 is 4.57 Å². The average molecular weight is 262 g/mol. The van der Waals surface area contributed by atoms with Gasteiger partial charge >= 0.3 is 0 Å². The number of imidazole rings is 1. The van der Waals surface area contributed by atoms with E-state index in [1.165, 1.54) is 0 Å². The van der Waals surface area contributed by atoms with Crippen molar-refractivity contribution in [1.82, 2.24) is 9.55 Å². The summed E-state index contributed by atoms with van der Waals surface area (Å²) >= 11 is 0. The summed E-state index contributed by atoms with van der Waals surface area (Å²) in [5, 5.41) is 0. The molecule has 0 unspecified atom stereocenters. The Kier molecular flexibility index (Phi) is 3.00. The van der Waals surface area contributed by atoms with Crippen molar-refractivity contribution in [3.05, 3.63) is 29.3 Å². The number of halogens is 1. The summed E-state index contributed by atoms with van der Waals surface area (Å²) in [5.74, 6) is 0.672. The lowest BCUT2D eigenvalue weighted by Crippen LogP contribution is -2.23. The number of hydrogen-bond donors (Lipinski definition) is 0. The second-order valence-corrected chi connectivity index (χ2v) is 7.24. The van der Waals surface area contributed by atoms with Crippen molar-refractivity contribution in [3.63, 3.8) is 0 Å². The highest BCUT2D eigenvalue weighted by Crippen LogP contribution is 2.31. The zero-order valence-electron chi connectivity index (χ0n) is 12.9. The highest BCUT2D eigenvalue weighted by molar-refractivity contribution is 5.78. The van der Waals surface area contributed by atoms with E-state index < -0.39 is 0 Å². The van der Waals surface area contributed by atoms with Crippen LogP contribution < -0.4 is 0 Å². The van der Waals surface area contributed by atoms with E-state index in [2.05, 4.69) is 46.5 Å². The quantitative estimate of drug-likeness (QED) is 0.681. The molecule has 0 N–H and O–H groups in total. The van der Waals surface area contributed by atoms with Gasteiger partial charge in [0.15, 0.2) is 0 Å².